The first-order valence-corrected chi connectivity index (χ1v) is 5.75. The van der Waals surface area contributed by atoms with Crippen molar-refractivity contribution in [3.8, 4) is 0 Å². The van der Waals surface area contributed by atoms with Crippen LogP contribution in [0.5, 0.6) is 0 Å². The van der Waals surface area contributed by atoms with Crippen molar-refractivity contribution >= 4 is 55.6 Å². The predicted octanol–water partition coefficient (Wildman–Crippen LogP) is 0.745. The number of ether oxygens (including phenoxy) is 2. The molecule has 0 bridgehead atoms. The molecule has 0 spiro atoms. The molecule has 0 saturated heterocycles. The maximum atomic E-state index is 11.7. The second-order valence-electron chi connectivity index (χ2n) is 3.90. The van der Waals surface area contributed by atoms with Gasteiger partial charge in [-0.25, -0.2) is 14.4 Å². The number of carboxylic acids is 1. The summed E-state index contributed by atoms with van der Waals surface area (Å²) in [4.78, 5) is 33.7. The van der Waals surface area contributed by atoms with E-state index in [1.807, 2.05) is 0 Å². The molecule has 0 aliphatic heterocycles. The van der Waals surface area contributed by atoms with Crippen LogP contribution < -0.4 is 0 Å². The Bertz CT molecular complexity index is 552. The van der Waals surface area contributed by atoms with Crippen LogP contribution >= 0.6 is 0 Å². The molecule has 1 N–H and O–H groups in total. The quantitative estimate of drug-likeness (QED) is 0.360. The standard InChI is InChI=1S/C14H14O6.Ca.2H/c1-9(2)13(17)19-7-8-20-14(18)11-6-4-3-5-10(11)12(15)16;;;/h3-6H,1,7-8H2,2H3,(H,15,16);;;. The predicted molar refractivity (Wildman–Crippen MR) is 78.0 cm³/mol. The Morgan fingerprint density at radius 1 is 1.10 bits per heavy atom. The number of esters is 2. The van der Waals surface area contributed by atoms with E-state index in [4.69, 9.17) is 14.6 Å². The first-order chi connectivity index (χ1) is 9.43. The van der Waals surface area contributed by atoms with Gasteiger partial charge < -0.3 is 14.6 Å². The van der Waals surface area contributed by atoms with Crippen molar-refractivity contribution in [2.45, 2.75) is 6.92 Å². The van der Waals surface area contributed by atoms with Crippen molar-refractivity contribution in [3.63, 3.8) is 0 Å². The molecule has 7 heteroatoms. The molecular formula is C14H16CaO6. The van der Waals surface area contributed by atoms with Gasteiger partial charge in [-0.2, -0.15) is 0 Å². The number of carbonyl (C=O) groups excluding carboxylic acids is 2. The summed E-state index contributed by atoms with van der Waals surface area (Å²) in [6.07, 6.45) is 0. The molecule has 0 atom stereocenters. The van der Waals surface area contributed by atoms with Crippen LogP contribution in [0.3, 0.4) is 0 Å². The molecule has 1 aromatic carbocycles. The third kappa shape index (κ3) is 6.29. The van der Waals surface area contributed by atoms with Crippen LogP contribution in [0.4, 0.5) is 0 Å². The monoisotopic (exact) mass is 320 g/mol. The van der Waals surface area contributed by atoms with Gasteiger partial charge in [0, 0.05) is 5.57 Å². The molecule has 0 aliphatic rings. The Morgan fingerprint density at radius 3 is 2.14 bits per heavy atom. The number of rotatable bonds is 6. The van der Waals surface area contributed by atoms with Gasteiger partial charge in [-0.1, -0.05) is 18.7 Å². The van der Waals surface area contributed by atoms with Crippen LogP contribution in [-0.2, 0) is 14.3 Å². The van der Waals surface area contributed by atoms with Gasteiger partial charge in [-0.15, -0.1) is 0 Å². The van der Waals surface area contributed by atoms with Crippen molar-refractivity contribution in [2.24, 2.45) is 0 Å². The third-order valence-electron chi connectivity index (χ3n) is 2.28. The topological polar surface area (TPSA) is 89.9 Å². The van der Waals surface area contributed by atoms with E-state index in [9.17, 15) is 14.4 Å². The Morgan fingerprint density at radius 2 is 1.62 bits per heavy atom. The van der Waals surface area contributed by atoms with Crippen molar-refractivity contribution < 1.29 is 29.0 Å². The minimum atomic E-state index is -1.22. The number of hydrogen-bond acceptors (Lipinski definition) is 5. The van der Waals surface area contributed by atoms with Gasteiger partial charge in [0.1, 0.15) is 13.2 Å². The second-order valence-corrected chi connectivity index (χ2v) is 3.90. The van der Waals surface area contributed by atoms with Gasteiger partial charge in [0.05, 0.1) is 11.1 Å². The van der Waals surface area contributed by atoms with Crippen molar-refractivity contribution in [2.75, 3.05) is 13.2 Å². The van der Waals surface area contributed by atoms with Gasteiger partial charge >= 0.3 is 55.6 Å². The van der Waals surface area contributed by atoms with E-state index < -0.39 is 17.9 Å². The van der Waals surface area contributed by atoms with E-state index in [2.05, 4.69) is 6.58 Å². The average molecular weight is 320 g/mol. The zero-order valence-electron chi connectivity index (χ0n) is 10.9. The van der Waals surface area contributed by atoms with Gasteiger partial charge in [0.2, 0.25) is 0 Å². The number of hydrogen-bond donors (Lipinski definition) is 1. The average Bonchev–Trinajstić information content (AvgIpc) is 2.42. The van der Waals surface area contributed by atoms with Crippen LogP contribution in [-0.4, -0.2) is 74.0 Å². The summed E-state index contributed by atoms with van der Waals surface area (Å²) in [5.74, 6) is -2.58. The number of aromatic carboxylic acids is 1. The van der Waals surface area contributed by atoms with Gasteiger partial charge in [-0.3, -0.25) is 0 Å². The van der Waals surface area contributed by atoms with E-state index in [0.29, 0.717) is 0 Å². The summed E-state index contributed by atoms with van der Waals surface area (Å²) in [7, 11) is 0. The molecule has 0 saturated carbocycles. The molecule has 0 radical (unpaired) electrons. The number of carboxylic acid groups (broad SMARTS) is 1. The second kappa shape index (κ2) is 9.55. The van der Waals surface area contributed by atoms with Crippen LogP contribution in [0.15, 0.2) is 36.4 Å². The SMILES string of the molecule is C=C(C)C(=O)OCCOC(=O)c1ccccc1C(=O)O.[CaH2]. The Labute approximate surface area is 151 Å². The summed E-state index contributed by atoms with van der Waals surface area (Å²) in [5.41, 5.74) is 0.0511. The number of carbonyl (C=O) groups is 3. The summed E-state index contributed by atoms with van der Waals surface area (Å²) in [6, 6.07) is 5.70. The van der Waals surface area contributed by atoms with Crippen LogP contribution in [0.2, 0.25) is 0 Å². The normalized spacial score (nSPS) is 9.19. The Hall–Kier alpha value is -1.37. The van der Waals surface area contributed by atoms with Crippen molar-refractivity contribution in [3.05, 3.63) is 47.5 Å². The Kier molecular flexibility index (Phi) is 8.92. The molecule has 0 heterocycles. The number of benzene rings is 1. The first kappa shape index (κ1) is 19.6. The third-order valence-corrected chi connectivity index (χ3v) is 2.28. The molecule has 0 fully saturated rings. The van der Waals surface area contributed by atoms with Crippen molar-refractivity contribution in [1.82, 2.24) is 0 Å². The van der Waals surface area contributed by atoms with E-state index in [1.165, 1.54) is 31.2 Å². The fraction of sp³-hybridized carbons (Fsp3) is 0.214. The molecule has 0 amide bonds. The van der Waals surface area contributed by atoms with E-state index in [1.54, 1.807) is 0 Å². The fourth-order valence-corrected chi connectivity index (χ4v) is 1.32. The van der Waals surface area contributed by atoms with Crippen molar-refractivity contribution in [1.29, 1.82) is 0 Å². The van der Waals surface area contributed by atoms with E-state index in [-0.39, 0.29) is 67.7 Å². The summed E-state index contributed by atoms with van der Waals surface area (Å²) in [5, 5.41) is 8.93. The Balaban J connectivity index is 0.00000400. The molecular weight excluding hydrogens is 304 g/mol. The summed E-state index contributed by atoms with van der Waals surface area (Å²) in [6.45, 7) is 4.62. The molecule has 21 heavy (non-hydrogen) atoms. The van der Waals surface area contributed by atoms with Gasteiger partial charge in [0.25, 0.3) is 0 Å². The molecule has 1 rings (SSSR count). The van der Waals surface area contributed by atoms with E-state index in [0.717, 1.165) is 0 Å². The fourth-order valence-electron chi connectivity index (χ4n) is 1.32. The maximum absolute atomic E-state index is 11.7. The molecule has 0 aliphatic carbocycles. The zero-order chi connectivity index (χ0) is 15.1. The zero-order valence-corrected chi connectivity index (χ0v) is 10.9. The summed E-state index contributed by atoms with van der Waals surface area (Å²) >= 11 is 0. The van der Waals surface area contributed by atoms with E-state index >= 15 is 0 Å². The first-order valence-electron chi connectivity index (χ1n) is 5.75. The minimum absolute atomic E-state index is 0. The van der Waals surface area contributed by atoms with Crippen LogP contribution in [0.1, 0.15) is 27.6 Å². The van der Waals surface area contributed by atoms with Gasteiger partial charge in [0.15, 0.2) is 0 Å². The van der Waals surface area contributed by atoms with Crippen LogP contribution in [0, 0.1) is 0 Å². The summed E-state index contributed by atoms with van der Waals surface area (Å²) < 4.78 is 9.58. The molecule has 0 aromatic heterocycles. The van der Waals surface area contributed by atoms with Crippen LogP contribution in [0.25, 0.3) is 0 Å². The molecule has 110 valence electrons. The molecule has 0 unspecified atom stereocenters. The van der Waals surface area contributed by atoms with Gasteiger partial charge in [-0.05, 0) is 19.1 Å². The molecule has 6 nitrogen and oxygen atoms in total. The molecule has 1 aromatic rings.